The highest BCUT2D eigenvalue weighted by atomic mass is 16.5. The molecule has 3 heterocycles. The third-order valence-corrected chi connectivity index (χ3v) is 6.22. The Labute approximate surface area is 150 Å². The number of hydrogen-bond donors (Lipinski definition) is 0. The molecule has 1 aliphatic carbocycles. The average molecular weight is 343 g/mol. The number of carbonyl (C=O) groups is 1. The Balaban J connectivity index is 1.38. The van der Waals surface area contributed by atoms with Gasteiger partial charge in [0.05, 0.1) is 17.3 Å². The van der Waals surface area contributed by atoms with Gasteiger partial charge in [-0.3, -0.25) is 14.7 Å². The molecule has 5 nitrogen and oxygen atoms in total. The standard InChI is InChI=1S/C20H29N3O2/c1-15-4-3-5-18(21-15)13-22-10-8-20(9-11-22)16(2)23(12-17-6-7-17)19(24)14-25-20/h3-5,16-17H,6-14H2,1-2H3/t16-/m0/s1. The molecule has 5 heteroatoms. The Kier molecular flexibility index (Phi) is 4.54. The van der Waals surface area contributed by atoms with E-state index in [9.17, 15) is 4.79 Å². The third kappa shape index (κ3) is 3.58. The van der Waals surface area contributed by atoms with Gasteiger partial charge in [0, 0.05) is 31.9 Å². The predicted octanol–water partition coefficient (Wildman–Crippen LogP) is 2.38. The molecular weight excluding hydrogens is 314 g/mol. The number of carbonyl (C=O) groups excluding carboxylic acids is 1. The van der Waals surface area contributed by atoms with Crippen LogP contribution in [0.2, 0.25) is 0 Å². The maximum absolute atomic E-state index is 12.3. The third-order valence-electron chi connectivity index (χ3n) is 6.22. The first-order valence-corrected chi connectivity index (χ1v) is 9.64. The Bertz CT molecular complexity index is 636. The maximum atomic E-state index is 12.3. The minimum Gasteiger partial charge on any atom is -0.363 e. The Morgan fingerprint density at radius 2 is 2.04 bits per heavy atom. The summed E-state index contributed by atoms with van der Waals surface area (Å²) in [7, 11) is 0. The first kappa shape index (κ1) is 17.0. The molecule has 25 heavy (non-hydrogen) atoms. The smallest absolute Gasteiger partial charge is 0.248 e. The molecule has 3 aliphatic rings. The number of aromatic nitrogens is 1. The van der Waals surface area contributed by atoms with Crippen molar-refractivity contribution in [2.24, 2.45) is 5.92 Å². The first-order valence-electron chi connectivity index (χ1n) is 9.64. The maximum Gasteiger partial charge on any atom is 0.248 e. The van der Waals surface area contributed by atoms with E-state index < -0.39 is 0 Å². The quantitative estimate of drug-likeness (QED) is 0.842. The highest BCUT2D eigenvalue weighted by molar-refractivity contribution is 5.78. The lowest BCUT2D eigenvalue weighted by Gasteiger charge is -2.51. The SMILES string of the molecule is Cc1cccc(CN2CCC3(CC2)OCC(=O)N(CC2CC2)[C@H]3C)n1. The number of piperidine rings is 1. The van der Waals surface area contributed by atoms with Crippen LogP contribution in [0.5, 0.6) is 0 Å². The van der Waals surface area contributed by atoms with Gasteiger partial charge in [-0.2, -0.15) is 0 Å². The summed E-state index contributed by atoms with van der Waals surface area (Å²) in [6.45, 7) is 8.33. The van der Waals surface area contributed by atoms with Gasteiger partial charge < -0.3 is 9.64 Å². The monoisotopic (exact) mass is 343 g/mol. The molecule has 0 unspecified atom stereocenters. The highest BCUT2D eigenvalue weighted by Gasteiger charge is 2.48. The minimum atomic E-state index is -0.153. The number of pyridine rings is 1. The van der Waals surface area contributed by atoms with E-state index in [1.54, 1.807) is 0 Å². The molecule has 2 saturated heterocycles. The van der Waals surface area contributed by atoms with Crippen molar-refractivity contribution in [3.63, 3.8) is 0 Å². The van der Waals surface area contributed by atoms with Gasteiger partial charge in [0.15, 0.2) is 0 Å². The molecule has 0 radical (unpaired) electrons. The predicted molar refractivity (Wildman–Crippen MR) is 96.1 cm³/mol. The molecule has 4 rings (SSSR count). The zero-order chi connectivity index (χ0) is 17.4. The number of nitrogens with zero attached hydrogens (tertiary/aromatic N) is 3. The Morgan fingerprint density at radius 1 is 1.28 bits per heavy atom. The number of rotatable bonds is 4. The van der Waals surface area contributed by atoms with E-state index in [0.29, 0.717) is 0 Å². The van der Waals surface area contributed by atoms with E-state index in [2.05, 4.69) is 33.8 Å². The first-order chi connectivity index (χ1) is 12.1. The second-order valence-electron chi connectivity index (χ2n) is 8.07. The molecule has 1 saturated carbocycles. The molecule has 1 aromatic rings. The van der Waals surface area contributed by atoms with Crippen molar-refractivity contribution in [3.8, 4) is 0 Å². The van der Waals surface area contributed by atoms with Crippen LogP contribution in [0.1, 0.15) is 44.0 Å². The van der Waals surface area contributed by atoms with E-state index in [0.717, 1.165) is 56.3 Å². The molecule has 1 amide bonds. The second-order valence-corrected chi connectivity index (χ2v) is 8.07. The Hall–Kier alpha value is -1.46. The molecule has 0 aromatic carbocycles. The van der Waals surface area contributed by atoms with E-state index in [1.807, 2.05) is 13.0 Å². The van der Waals surface area contributed by atoms with Gasteiger partial charge in [-0.25, -0.2) is 0 Å². The number of aryl methyl sites for hydroxylation is 1. The fourth-order valence-electron chi connectivity index (χ4n) is 4.32. The van der Waals surface area contributed by atoms with E-state index in [4.69, 9.17) is 4.74 Å². The normalized spacial score (nSPS) is 27.0. The Morgan fingerprint density at radius 3 is 2.72 bits per heavy atom. The van der Waals surface area contributed by atoms with Crippen molar-refractivity contribution in [1.82, 2.24) is 14.8 Å². The minimum absolute atomic E-state index is 0.153. The summed E-state index contributed by atoms with van der Waals surface area (Å²) >= 11 is 0. The van der Waals surface area contributed by atoms with E-state index in [-0.39, 0.29) is 24.2 Å². The molecule has 3 fully saturated rings. The zero-order valence-electron chi connectivity index (χ0n) is 15.4. The fourth-order valence-corrected chi connectivity index (χ4v) is 4.32. The lowest BCUT2D eigenvalue weighted by atomic mass is 9.82. The summed E-state index contributed by atoms with van der Waals surface area (Å²) in [4.78, 5) is 21.5. The topological polar surface area (TPSA) is 45.7 Å². The van der Waals surface area contributed by atoms with E-state index >= 15 is 0 Å². The lowest BCUT2D eigenvalue weighted by molar-refractivity contribution is -0.187. The summed E-state index contributed by atoms with van der Waals surface area (Å²) in [6.07, 6.45) is 4.55. The van der Waals surface area contributed by atoms with Crippen molar-refractivity contribution in [3.05, 3.63) is 29.6 Å². The molecule has 1 aromatic heterocycles. The van der Waals surface area contributed by atoms with Crippen LogP contribution in [-0.4, -0.2) is 58.6 Å². The number of ether oxygens (including phenoxy) is 1. The molecule has 2 aliphatic heterocycles. The summed E-state index contributed by atoms with van der Waals surface area (Å²) in [5, 5.41) is 0. The van der Waals surface area contributed by atoms with Crippen LogP contribution in [0.15, 0.2) is 18.2 Å². The van der Waals surface area contributed by atoms with Crippen molar-refractivity contribution >= 4 is 5.91 Å². The van der Waals surface area contributed by atoms with Crippen LogP contribution in [0.3, 0.4) is 0 Å². The second kappa shape index (κ2) is 6.69. The molecular formula is C20H29N3O2. The van der Waals surface area contributed by atoms with Gasteiger partial charge in [-0.15, -0.1) is 0 Å². The molecule has 0 N–H and O–H groups in total. The number of morpholine rings is 1. The van der Waals surface area contributed by atoms with Gasteiger partial charge >= 0.3 is 0 Å². The van der Waals surface area contributed by atoms with Crippen molar-refractivity contribution in [2.75, 3.05) is 26.2 Å². The van der Waals surface area contributed by atoms with Crippen LogP contribution in [0.4, 0.5) is 0 Å². The van der Waals surface area contributed by atoms with Gasteiger partial charge in [-0.1, -0.05) is 6.07 Å². The summed E-state index contributed by atoms with van der Waals surface area (Å²) in [5.74, 6) is 0.908. The van der Waals surface area contributed by atoms with Crippen LogP contribution >= 0.6 is 0 Å². The molecule has 1 spiro atoms. The average Bonchev–Trinajstić information content (AvgIpc) is 3.42. The van der Waals surface area contributed by atoms with Crippen LogP contribution in [0.25, 0.3) is 0 Å². The van der Waals surface area contributed by atoms with Gasteiger partial charge in [0.1, 0.15) is 6.61 Å². The van der Waals surface area contributed by atoms with Gasteiger partial charge in [0.25, 0.3) is 0 Å². The molecule has 1 atom stereocenters. The van der Waals surface area contributed by atoms with Gasteiger partial charge in [-0.05, 0) is 57.6 Å². The number of amides is 1. The van der Waals surface area contributed by atoms with Crippen LogP contribution in [-0.2, 0) is 16.1 Å². The molecule has 0 bridgehead atoms. The van der Waals surface area contributed by atoms with Crippen LogP contribution in [0, 0.1) is 12.8 Å². The number of hydrogen-bond acceptors (Lipinski definition) is 4. The van der Waals surface area contributed by atoms with Gasteiger partial charge in [0.2, 0.25) is 5.91 Å². The number of likely N-dealkylation sites (tertiary alicyclic amines) is 1. The van der Waals surface area contributed by atoms with Crippen LogP contribution < -0.4 is 0 Å². The summed E-state index contributed by atoms with van der Waals surface area (Å²) in [6, 6.07) is 6.41. The zero-order valence-corrected chi connectivity index (χ0v) is 15.4. The van der Waals surface area contributed by atoms with Crippen molar-refractivity contribution < 1.29 is 9.53 Å². The molecule has 136 valence electrons. The lowest BCUT2D eigenvalue weighted by Crippen LogP contribution is -2.64. The summed E-state index contributed by atoms with van der Waals surface area (Å²) < 4.78 is 6.15. The highest BCUT2D eigenvalue weighted by Crippen LogP contribution is 2.38. The van der Waals surface area contributed by atoms with E-state index in [1.165, 1.54) is 12.8 Å². The summed E-state index contributed by atoms with van der Waals surface area (Å²) in [5.41, 5.74) is 2.06. The fraction of sp³-hybridized carbons (Fsp3) is 0.700. The largest absolute Gasteiger partial charge is 0.363 e. The van der Waals surface area contributed by atoms with Crippen molar-refractivity contribution in [2.45, 2.75) is 57.7 Å². The van der Waals surface area contributed by atoms with Crippen molar-refractivity contribution in [1.29, 1.82) is 0 Å².